The van der Waals surface area contributed by atoms with Gasteiger partial charge in [-0.25, -0.2) is 4.79 Å². The van der Waals surface area contributed by atoms with Gasteiger partial charge in [0.1, 0.15) is 6.10 Å². The van der Waals surface area contributed by atoms with Crippen molar-refractivity contribution in [2.75, 3.05) is 0 Å². The van der Waals surface area contributed by atoms with Gasteiger partial charge in [-0.3, -0.25) is 0 Å². The Labute approximate surface area is 124 Å². The van der Waals surface area contributed by atoms with Crippen molar-refractivity contribution in [3.05, 3.63) is 28.5 Å². The van der Waals surface area contributed by atoms with E-state index >= 15 is 0 Å². The summed E-state index contributed by atoms with van der Waals surface area (Å²) in [6.45, 7) is 6.96. The molecule has 108 valence electrons. The van der Waals surface area contributed by atoms with E-state index < -0.39 is 0 Å². The molecule has 0 aliphatic heterocycles. The molecule has 2 bridgehead atoms. The van der Waals surface area contributed by atoms with Gasteiger partial charge in [0.05, 0.1) is 0 Å². The predicted molar refractivity (Wildman–Crippen MR) is 82.5 cm³/mol. The predicted octanol–water partition coefficient (Wildman–Crippen LogP) is 4.52. The van der Waals surface area contributed by atoms with Crippen LogP contribution >= 0.6 is 11.3 Å². The lowest BCUT2D eigenvalue weighted by molar-refractivity contribution is -0.150. The average molecular weight is 290 g/mol. The molecule has 0 aromatic carbocycles. The van der Waals surface area contributed by atoms with Crippen LogP contribution in [0.2, 0.25) is 0 Å². The molecule has 0 spiro atoms. The molecule has 2 aliphatic rings. The number of hydrogen-bond acceptors (Lipinski definition) is 3. The smallest absolute Gasteiger partial charge is 0.331 e. The highest BCUT2D eigenvalue weighted by Gasteiger charge is 2.62. The van der Waals surface area contributed by atoms with Gasteiger partial charge in [-0.2, -0.15) is 0 Å². The molecule has 0 N–H and O–H groups in total. The Kier molecular flexibility index (Phi) is 3.28. The third-order valence-corrected chi connectivity index (χ3v) is 6.74. The van der Waals surface area contributed by atoms with Crippen LogP contribution in [0.15, 0.2) is 23.6 Å². The summed E-state index contributed by atoms with van der Waals surface area (Å²) in [7, 11) is 0. The van der Waals surface area contributed by atoms with Crippen LogP contribution in [0, 0.1) is 16.7 Å². The number of esters is 1. The summed E-state index contributed by atoms with van der Waals surface area (Å²) in [5.41, 5.74) is 0.430. The Morgan fingerprint density at radius 1 is 1.45 bits per heavy atom. The maximum absolute atomic E-state index is 12.0. The molecule has 3 unspecified atom stereocenters. The van der Waals surface area contributed by atoms with Crippen molar-refractivity contribution in [1.82, 2.24) is 0 Å². The zero-order chi connectivity index (χ0) is 14.4. The standard InChI is InChI=1S/C17H22O2S/c1-16(2)12-8-9-17(16,3)14(11-12)19-15(18)7-6-13-5-4-10-20-13/h4-7,10,12,14H,8-9,11H2,1-3H3/b7-6+. The summed E-state index contributed by atoms with van der Waals surface area (Å²) < 4.78 is 5.76. The highest BCUT2D eigenvalue weighted by Crippen LogP contribution is 2.66. The molecular weight excluding hydrogens is 268 g/mol. The van der Waals surface area contributed by atoms with Crippen LogP contribution in [0.5, 0.6) is 0 Å². The Hall–Kier alpha value is -1.09. The van der Waals surface area contributed by atoms with Gasteiger partial charge in [0.25, 0.3) is 0 Å². The first-order chi connectivity index (χ1) is 9.43. The van der Waals surface area contributed by atoms with Gasteiger partial charge >= 0.3 is 5.97 Å². The molecular formula is C17H22O2S. The Morgan fingerprint density at radius 3 is 2.80 bits per heavy atom. The molecule has 2 saturated carbocycles. The van der Waals surface area contributed by atoms with E-state index in [9.17, 15) is 4.79 Å². The fourth-order valence-electron chi connectivity index (χ4n) is 4.02. The summed E-state index contributed by atoms with van der Waals surface area (Å²) in [6.07, 6.45) is 6.97. The van der Waals surface area contributed by atoms with Crippen molar-refractivity contribution in [1.29, 1.82) is 0 Å². The molecule has 3 atom stereocenters. The molecule has 0 amide bonds. The zero-order valence-electron chi connectivity index (χ0n) is 12.4. The maximum atomic E-state index is 12.0. The monoisotopic (exact) mass is 290 g/mol. The van der Waals surface area contributed by atoms with E-state index in [0.29, 0.717) is 5.92 Å². The van der Waals surface area contributed by atoms with Gasteiger partial charge in [-0.1, -0.05) is 26.8 Å². The number of thiophene rings is 1. The molecule has 3 heteroatoms. The number of rotatable bonds is 3. The van der Waals surface area contributed by atoms with Crippen LogP contribution < -0.4 is 0 Å². The molecule has 3 rings (SSSR count). The third kappa shape index (κ3) is 2.03. The lowest BCUT2D eigenvalue weighted by Gasteiger charge is -2.38. The van der Waals surface area contributed by atoms with Crippen molar-refractivity contribution in [2.45, 2.75) is 46.1 Å². The molecule has 2 fully saturated rings. The molecule has 0 radical (unpaired) electrons. The number of carbonyl (C=O) groups excluding carboxylic acids is 1. The summed E-state index contributed by atoms with van der Waals surface area (Å²) in [5, 5.41) is 2.00. The third-order valence-electron chi connectivity index (χ3n) is 5.90. The highest BCUT2D eigenvalue weighted by atomic mass is 32.1. The largest absolute Gasteiger partial charge is 0.459 e. The van der Waals surface area contributed by atoms with Gasteiger partial charge in [0.2, 0.25) is 0 Å². The zero-order valence-corrected chi connectivity index (χ0v) is 13.2. The molecule has 1 aromatic rings. The number of hydrogen-bond donors (Lipinski definition) is 0. The quantitative estimate of drug-likeness (QED) is 0.604. The van der Waals surface area contributed by atoms with Gasteiger partial charge in [0.15, 0.2) is 0 Å². The summed E-state index contributed by atoms with van der Waals surface area (Å²) in [4.78, 5) is 13.1. The van der Waals surface area contributed by atoms with E-state index in [0.717, 1.165) is 11.3 Å². The van der Waals surface area contributed by atoms with Crippen LogP contribution in [0.25, 0.3) is 6.08 Å². The summed E-state index contributed by atoms with van der Waals surface area (Å²) in [5.74, 6) is 0.500. The van der Waals surface area contributed by atoms with Crippen molar-refractivity contribution < 1.29 is 9.53 Å². The first kappa shape index (κ1) is 13.9. The minimum Gasteiger partial charge on any atom is -0.459 e. The Balaban J connectivity index is 1.66. The van der Waals surface area contributed by atoms with Crippen LogP contribution in [0.1, 0.15) is 44.9 Å². The van der Waals surface area contributed by atoms with E-state index in [1.54, 1.807) is 17.4 Å². The van der Waals surface area contributed by atoms with Gasteiger partial charge in [0, 0.05) is 16.4 Å². The van der Waals surface area contributed by atoms with Crippen LogP contribution in [0.4, 0.5) is 0 Å². The van der Waals surface area contributed by atoms with E-state index in [4.69, 9.17) is 4.74 Å². The van der Waals surface area contributed by atoms with Crippen LogP contribution in [-0.2, 0) is 9.53 Å². The number of fused-ring (bicyclic) bond motifs is 2. The highest BCUT2D eigenvalue weighted by molar-refractivity contribution is 7.10. The lowest BCUT2D eigenvalue weighted by Crippen LogP contribution is -2.38. The van der Waals surface area contributed by atoms with E-state index in [2.05, 4.69) is 20.8 Å². The normalized spacial score (nSPS) is 34.8. The summed E-state index contributed by atoms with van der Waals surface area (Å²) in [6, 6.07) is 3.98. The minimum atomic E-state index is -0.201. The van der Waals surface area contributed by atoms with Gasteiger partial charge in [-0.05, 0) is 48.1 Å². The van der Waals surface area contributed by atoms with Crippen LogP contribution in [-0.4, -0.2) is 12.1 Å². The fraction of sp³-hybridized carbons (Fsp3) is 0.588. The second-order valence-corrected chi connectivity index (χ2v) is 7.86. The molecule has 2 aliphatic carbocycles. The summed E-state index contributed by atoms with van der Waals surface area (Å²) >= 11 is 1.62. The minimum absolute atomic E-state index is 0.0803. The van der Waals surface area contributed by atoms with Crippen molar-refractivity contribution in [3.8, 4) is 0 Å². The molecule has 20 heavy (non-hydrogen) atoms. The van der Waals surface area contributed by atoms with Crippen molar-refractivity contribution in [2.24, 2.45) is 16.7 Å². The molecule has 1 heterocycles. The van der Waals surface area contributed by atoms with E-state index in [1.165, 1.54) is 12.8 Å². The Morgan fingerprint density at radius 2 is 2.25 bits per heavy atom. The maximum Gasteiger partial charge on any atom is 0.331 e. The van der Waals surface area contributed by atoms with E-state index in [-0.39, 0.29) is 22.9 Å². The van der Waals surface area contributed by atoms with Crippen molar-refractivity contribution in [3.63, 3.8) is 0 Å². The lowest BCUT2D eigenvalue weighted by atomic mass is 9.70. The second-order valence-electron chi connectivity index (χ2n) is 6.88. The van der Waals surface area contributed by atoms with E-state index in [1.807, 2.05) is 23.6 Å². The first-order valence-electron chi connectivity index (χ1n) is 7.36. The SMILES string of the molecule is CC1(C)C2CCC1(C)C(OC(=O)/C=C/c1cccs1)C2. The topological polar surface area (TPSA) is 26.3 Å². The van der Waals surface area contributed by atoms with Crippen molar-refractivity contribution >= 4 is 23.4 Å². The van der Waals surface area contributed by atoms with Crippen LogP contribution in [0.3, 0.4) is 0 Å². The molecule has 0 saturated heterocycles. The van der Waals surface area contributed by atoms with Gasteiger partial charge < -0.3 is 4.74 Å². The number of carbonyl (C=O) groups is 1. The molecule has 1 aromatic heterocycles. The molecule has 2 nitrogen and oxygen atoms in total. The average Bonchev–Trinajstić information content (AvgIpc) is 3.02. The second kappa shape index (κ2) is 4.73. The number of ether oxygens (including phenoxy) is 1. The first-order valence-corrected chi connectivity index (χ1v) is 8.24. The fourth-order valence-corrected chi connectivity index (χ4v) is 4.64. The Bertz CT molecular complexity index is 529. The van der Waals surface area contributed by atoms with Gasteiger partial charge in [-0.15, -0.1) is 11.3 Å².